The zero-order valence-corrected chi connectivity index (χ0v) is 15.8. The van der Waals surface area contributed by atoms with E-state index >= 15 is 0 Å². The Morgan fingerprint density at radius 1 is 1.23 bits per heavy atom. The Bertz CT molecular complexity index is 635. The highest BCUT2D eigenvalue weighted by Crippen LogP contribution is 2.49. The highest BCUT2D eigenvalue weighted by atomic mass is 16.5. The van der Waals surface area contributed by atoms with Crippen LogP contribution in [0.25, 0.3) is 0 Å². The molecule has 1 amide bonds. The van der Waals surface area contributed by atoms with E-state index in [4.69, 9.17) is 9.26 Å². The third-order valence-corrected chi connectivity index (χ3v) is 6.29. The molecule has 1 aromatic heterocycles. The average molecular weight is 363 g/mol. The van der Waals surface area contributed by atoms with Crippen molar-refractivity contribution in [1.82, 2.24) is 24.8 Å². The maximum atomic E-state index is 13.0. The zero-order valence-electron chi connectivity index (χ0n) is 15.8. The second-order valence-corrected chi connectivity index (χ2v) is 8.06. The van der Waals surface area contributed by atoms with Gasteiger partial charge in [-0.1, -0.05) is 5.16 Å². The minimum Gasteiger partial charge on any atom is -0.379 e. The molecule has 0 bridgehead atoms. The molecular formula is C18H29N5O3. The van der Waals surface area contributed by atoms with Gasteiger partial charge in [-0.25, -0.2) is 0 Å². The van der Waals surface area contributed by atoms with Gasteiger partial charge in [0.2, 0.25) is 11.8 Å². The monoisotopic (exact) mass is 363 g/mol. The van der Waals surface area contributed by atoms with E-state index in [-0.39, 0.29) is 17.2 Å². The Labute approximate surface area is 154 Å². The highest BCUT2D eigenvalue weighted by Gasteiger charge is 2.51. The summed E-state index contributed by atoms with van der Waals surface area (Å²) in [4.78, 5) is 24.1. The number of rotatable bonds is 3. The molecule has 8 heteroatoms. The van der Waals surface area contributed by atoms with Gasteiger partial charge in [-0.2, -0.15) is 4.98 Å². The Morgan fingerprint density at radius 3 is 2.62 bits per heavy atom. The molecule has 0 unspecified atom stereocenters. The minimum absolute atomic E-state index is 0.0617. The SMILES string of the molecule is Cc1noc([C@H]2CN(C(=O)CN3CCOCC3)CC23CCN(C)CC3)n1. The van der Waals surface area contributed by atoms with Gasteiger partial charge in [-0.05, 0) is 39.9 Å². The number of ether oxygens (including phenoxy) is 1. The van der Waals surface area contributed by atoms with Crippen LogP contribution < -0.4 is 0 Å². The lowest BCUT2D eigenvalue weighted by Gasteiger charge is -2.40. The number of hydrogen-bond acceptors (Lipinski definition) is 7. The molecular weight excluding hydrogens is 334 g/mol. The lowest BCUT2D eigenvalue weighted by molar-refractivity contribution is -0.133. The van der Waals surface area contributed by atoms with E-state index in [1.807, 2.05) is 11.8 Å². The van der Waals surface area contributed by atoms with Crippen LogP contribution in [0, 0.1) is 12.3 Å². The van der Waals surface area contributed by atoms with Gasteiger partial charge in [-0.15, -0.1) is 0 Å². The Balaban J connectivity index is 1.50. The number of aryl methyl sites for hydroxylation is 1. The van der Waals surface area contributed by atoms with Crippen LogP contribution in [0.5, 0.6) is 0 Å². The molecule has 4 rings (SSSR count). The number of carbonyl (C=O) groups excluding carboxylic acids is 1. The number of carbonyl (C=O) groups is 1. The van der Waals surface area contributed by atoms with Gasteiger partial charge in [0.1, 0.15) is 0 Å². The smallest absolute Gasteiger partial charge is 0.236 e. The van der Waals surface area contributed by atoms with Crippen molar-refractivity contribution in [3.63, 3.8) is 0 Å². The van der Waals surface area contributed by atoms with Crippen LogP contribution >= 0.6 is 0 Å². The zero-order chi connectivity index (χ0) is 18.1. The summed E-state index contributed by atoms with van der Waals surface area (Å²) < 4.78 is 10.9. The van der Waals surface area contributed by atoms with Crippen molar-refractivity contribution in [3.8, 4) is 0 Å². The summed E-state index contributed by atoms with van der Waals surface area (Å²) in [6.07, 6.45) is 2.13. The second kappa shape index (κ2) is 7.25. The predicted molar refractivity (Wildman–Crippen MR) is 94.8 cm³/mol. The van der Waals surface area contributed by atoms with E-state index in [0.29, 0.717) is 38.0 Å². The topological polar surface area (TPSA) is 74.9 Å². The third-order valence-electron chi connectivity index (χ3n) is 6.29. The average Bonchev–Trinajstić information content (AvgIpc) is 3.23. The van der Waals surface area contributed by atoms with Gasteiger partial charge >= 0.3 is 0 Å². The molecule has 4 heterocycles. The fourth-order valence-corrected chi connectivity index (χ4v) is 4.57. The van der Waals surface area contributed by atoms with Crippen molar-refractivity contribution in [1.29, 1.82) is 0 Å². The number of piperidine rings is 1. The van der Waals surface area contributed by atoms with Crippen LogP contribution in [-0.2, 0) is 9.53 Å². The molecule has 1 aromatic rings. The standard InChI is InChI=1S/C18H29N5O3/c1-14-19-17(26-20-14)15-11-23(13-18(15)3-5-21(2)6-4-18)16(24)12-22-7-9-25-10-8-22/h15H,3-13H2,1-2H3/t15-/m1/s1. The summed E-state index contributed by atoms with van der Waals surface area (Å²) >= 11 is 0. The summed E-state index contributed by atoms with van der Waals surface area (Å²) in [5, 5.41) is 4.00. The number of aromatic nitrogens is 2. The molecule has 3 fully saturated rings. The van der Waals surface area contributed by atoms with Gasteiger partial charge in [0, 0.05) is 31.6 Å². The molecule has 0 N–H and O–H groups in total. The molecule has 1 spiro atoms. The molecule has 26 heavy (non-hydrogen) atoms. The van der Waals surface area contributed by atoms with Crippen molar-refractivity contribution in [2.75, 3.05) is 66.1 Å². The summed E-state index contributed by atoms with van der Waals surface area (Å²) in [5.74, 6) is 1.73. The van der Waals surface area contributed by atoms with Gasteiger partial charge in [0.15, 0.2) is 5.82 Å². The Kier molecular flexibility index (Phi) is 4.98. The first-order valence-corrected chi connectivity index (χ1v) is 9.62. The molecule has 3 aliphatic heterocycles. The van der Waals surface area contributed by atoms with E-state index in [1.54, 1.807) is 0 Å². The van der Waals surface area contributed by atoms with Crippen molar-refractivity contribution in [2.24, 2.45) is 5.41 Å². The van der Waals surface area contributed by atoms with E-state index in [1.165, 1.54) is 0 Å². The summed E-state index contributed by atoms with van der Waals surface area (Å²) in [6.45, 7) is 9.03. The predicted octanol–water partition coefficient (Wildman–Crippen LogP) is 0.348. The van der Waals surface area contributed by atoms with Gasteiger partial charge < -0.3 is 19.1 Å². The number of amides is 1. The van der Waals surface area contributed by atoms with Gasteiger partial charge in [0.05, 0.1) is 25.7 Å². The fourth-order valence-electron chi connectivity index (χ4n) is 4.57. The molecule has 3 aliphatic rings. The van der Waals surface area contributed by atoms with Crippen molar-refractivity contribution >= 4 is 5.91 Å². The van der Waals surface area contributed by atoms with Crippen LogP contribution in [0.4, 0.5) is 0 Å². The van der Waals surface area contributed by atoms with Crippen LogP contribution in [-0.4, -0.2) is 96.8 Å². The van der Waals surface area contributed by atoms with E-state index in [2.05, 4.69) is 27.0 Å². The molecule has 8 nitrogen and oxygen atoms in total. The summed E-state index contributed by atoms with van der Waals surface area (Å²) in [5.41, 5.74) is 0.0617. The molecule has 1 atom stereocenters. The maximum Gasteiger partial charge on any atom is 0.236 e. The maximum absolute atomic E-state index is 13.0. The molecule has 0 aromatic carbocycles. The first-order valence-electron chi connectivity index (χ1n) is 9.62. The summed E-state index contributed by atoms with van der Waals surface area (Å²) in [7, 11) is 2.16. The third kappa shape index (κ3) is 3.50. The van der Waals surface area contributed by atoms with E-state index in [9.17, 15) is 4.79 Å². The lowest BCUT2D eigenvalue weighted by Crippen LogP contribution is -2.45. The number of hydrogen-bond donors (Lipinski definition) is 0. The fraction of sp³-hybridized carbons (Fsp3) is 0.833. The largest absolute Gasteiger partial charge is 0.379 e. The van der Waals surface area contributed by atoms with E-state index < -0.39 is 0 Å². The van der Waals surface area contributed by atoms with Crippen LogP contribution in [0.3, 0.4) is 0 Å². The number of morpholine rings is 1. The van der Waals surface area contributed by atoms with Crippen LogP contribution in [0.2, 0.25) is 0 Å². The first kappa shape index (κ1) is 17.9. The Morgan fingerprint density at radius 2 is 1.96 bits per heavy atom. The molecule has 0 aliphatic carbocycles. The molecule has 0 saturated carbocycles. The molecule has 3 saturated heterocycles. The van der Waals surface area contributed by atoms with Crippen LogP contribution in [0.15, 0.2) is 4.52 Å². The quantitative estimate of drug-likeness (QED) is 0.767. The Hall–Kier alpha value is -1.51. The minimum atomic E-state index is 0.0617. The highest BCUT2D eigenvalue weighted by molar-refractivity contribution is 5.79. The van der Waals surface area contributed by atoms with Crippen molar-refractivity contribution in [3.05, 3.63) is 11.7 Å². The van der Waals surface area contributed by atoms with Crippen molar-refractivity contribution in [2.45, 2.75) is 25.7 Å². The van der Waals surface area contributed by atoms with Crippen molar-refractivity contribution < 1.29 is 14.1 Å². The number of nitrogens with zero attached hydrogens (tertiary/aromatic N) is 5. The van der Waals surface area contributed by atoms with E-state index in [0.717, 1.165) is 45.6 Å². The number of likely N-dealkylation sites (tertiary alicyclic amines) is 2. The molecule has 0 radical (unpaired) electrons. The molecule has 144 valence electrons. The first-order chi connectivity index (χ1) is 12.6. The normalized spacial score (nSPS) is 27.3. The van der Waals surface area contributed by atoms with Crippen LogP contribution in [0.1, 0.15) is 30.5 Å². The summed E-state index contributed by atoms with van der Waals surface area (Å²) in [6, 6.07) is 0. The van der Waals surface area contributed by atoms with Gasteiger partial charge in [0.25, 0.3) is 0 Å². The second-order valence-electron chi connectivity index (χ2n) is 8.06. The lowest BCUT2D eigenvalue weighted by atomic mass is 9.71. The van der Waals surface area contributed by atoms with Gasteiger partial charge in [-0.3, -0.25) is 9.69 Å².